The van der Waals surface area contributed by atoms with Gasteiger partial charge in [0.2, 0.25) is 0 Å². The molecule has 384 valence electrons. The van der Waals surface area contributed by atoms with E-state index >= 15 is 0 Å². The fourth-order valence-electron chi connectivity index (χ4n) is 7.54. The van der Waals surface area contributed by atoms with Gasteiger partial charge in [-0.2, -0.15) is 0 Å². The fraction of sp³-hybridized carbons (Fsp3) is 0.772. The third-order valence-electron chi connectivity index (χ3n) is 11.6. The van der Waals surface area contributed by atoms with Crippen molar-refractivity contribution in [2.24, 2.45) is 5.73 Å². The minimum absolute atomic E-state index is 0.0946. The number of carbonyl (C=O) groups is 1. The quantitative estimate of drug-likeness (QED) is 0.0268. The average Bonchev–Trinajstić information content (AvgIpc) is 3.31. The van der Waals surface area contributed by atoms with Gasteiger partial charge in [0, 0.05) is 19.6 Å². The number of hydrogen-bond donors (Lipinski definition) is 2. The normalized spacial score (nSPS) is 13.8. The maximum atomic E-state index is 12.7. The van der Waals surface area contributed by atoms with E-state index in [0.29, 0.717) is 13.0 Å². The molecule has 0 fully saturated rings. The molecule has 0 saturated carbocycles. The second kappa shape index (κ2) is 53.9. The largest absolute Gasteiger partial charge is 0.472 e. The Bertz CT molecular complexity index is 1250. The molecule has 0 aliphatic rings. The van der Waals surface area contributed by atoms with Crippen molar-refractivity contribution in [3.05, 3.63) is 72.9 Å². The van der Waals surface area contributed by atoms with Crippen LogP contribution in [0.3, 0.4) is 0 Å². The van der Waals surface area contributed by atoms with E-state index in [1.54, 1.807) is 0 Å². The number of carbonyl (C=O) groups excluding carboxylic acids is 1. The Balaban J connectivity index is 3.96. The predicted octanol–water partition coefficient (Wildman–Crippen LogP) is 17.4. The van der Waals surface area contributed by atoms with E-state index in [0.717, 1.165) is 70.6 Å². The second-order valence-electron chi connectivity index (χ2n) is 18.1. The highest BCUT2D eigenvalue weighted by atomic mass is 31.2. The molecule has 0 rings (SSSR count). The molecule has 0 aliphatic carbocycles. The molecule has 0 aromatic carbocycles. The van der Waals surface area contributed by atoms with Gasteiger partial charge in [0.15, 0.2) is 0 Å². The molecule has 0 bridgehead atoms. The van der Waals surface area contributed by atoms with Crippen molar-refractivity contribution >= 4 is 13.8 Å². The summed E-state index contributed by atoms with van der Waals surface area (Å²) in [6.07, 6.45) is 69.4. The monoisotopic (exact) mass is 946 g/mol. The molecule has 2 atom stereocenters. The summed E-state index contributed by atoms with van der Waals surface area (Å²) in [5.74, 6) is -0.343. The zero-order chi connectivity index (χ0) is 48.0. The number of esters is 1. The molecule has 0 aliphatic heterocycles. The van der Waals surface area contributed by atoms with E-state index in [-0.39, 0.29) is 32.3 Å². The Kier molecular flexibility index (Phi) is 52.2. The highest BCUT2D eigenvalue weighted by Crippen LogP contribution is 2.43. The van der Waals surface area contributed by atoms with Crippen molar-refractivity contribution in [3.63, 3.8) is 0 Å². The summed E-state index contributed by atoms with van der Waals surface area (Å²) in [5.41, 5.74) is 5.40. The van der Waals surface area contributed by atoms with Gasteiger partial charge in [0.25, 0.3) is 0 Å². The average molecular weight is 946 g/mol. The Morgan fingerprint density at radius 1 is 0.455 bits per heavy atom. The van der Waals surface area contributed by atoms with Gasteiger partial charge in [-0.15, -0.1) is 0 Å². The molecule has 0 aromatic heterocycles. The summed E-state index contributed by atoms with van der Waals surface area (Å²) < 4.78 is 33.6. The van der Waals surface area contributed by atoms with Crippen LogP contribution in [0.5, 0.6) is 0 Å². The van der Waals surface area contributed by atoms with Crippen molar-refractivity contribution in [2.45, 2.75) is 251 Å². The third-order valence-corrected chi connectivity index (χ3v) is 12.6. The molecule has 0 amide bonds. The Morgan fingerprint density at radius 3 is 1.20 bits per heavy atom. The molecule has 0 spiro atoms. The molecule has 0 heterocycles. The van der Waals surface area contributed by atoms with Crippen LogP contribution >= 0.6 is 7.82 Å². The summed E-state index contributed by atoms with van der Waals surface area (Å²) in [7, 11) is -4.29. The summed E-state index contributed by atoms with van der Waals surface area (Å²) in [4.78, 5) is 22.6. The number of nitrogens with two attached hydrogens (primary N) is 1. The number of hydrogen-bond acceptors (Lipinski definition) is 7. The maximum absolute atomic E-state index is 12.7. The van der Waals surface area contributed by atoms with Crippen LogP contribution in [0.2, 0.25) is 0 Å². The van der Waals surface area contributed by atoms with Gasteiger partial charge in [-0.1, -0.05) is 222 Å². The number of phosphoric acid groups is 1. The summed E-state index contributed by atoms with van der Waals surface area (Å²) in [5, 5.41) is 0. The molecule has 3 N–H and O–H groups in total. The van der Waals surface area contributed by atoms with E-state index in [2.05, 4.69) is 86.8 Å². The Morgan fingerprint density at radius 2 is 0.803 bits per heavy atom. The van der Waals surface area contributed by atoms with Gasteiger partial charge in [-0.3, -0.25) is 13.8 Å². The van der Waals surface area contributed by atoms with Crippen LogP contribution in [0.4, 0.5) is 0 Å². The molecule has 0 saturated heterocycles. The predicted molar refractivity (Wildman–Crippen MR) is 284 cm³/mol. The van der Waals surface area contributed by atoms with Gasteiger partial charge in [0.05, 0.1) is 19.8 Å². The first kappa shape index (κ1) is 63.9. The molecule has 8 nitrogen and oxygen atoms in total. The lowest BCUT2D eigenvalue weighted by Crippen LogP contribution is -2.28. The molecule has 66 heavy (non-hydrogen) atoms. The third kappa shape index (κ3) is 52.9. The van der Waals surface area contributed by atoms with E-state index < -0.39 is 13.9 Å². The van der Waals surface area contributed by atoms with Crippen LogP contribution in [-0.4, -0.2) is 49.9 Å². The van der Waals surface area contributed by atoms with Crippen molar-refractivity contribution in [1.29, 1.82) is 0 Å². The van der Waals surface area contributed by atoms with Gasteiger partial charge >= 0.3 is 13.8 Å². The lowest BCUT2D eigenvalue weighted by molar-refractivity contribution is -0.154. The lowest BCUT2D eigenvalue weighted by atomic mass is 10.1. The van der Waals surface area contributed by atoms with Crippen LogP contribution in [0, 0.1) is 0 Å². The molecule has 9 heteroatoms. The maximum Gasteiger partial charge on any atom is 0.472 e. The van der Waals surface area contributed by atoms with Crippen molar-refractivity contribution < 1.29 is 32.8 Å². The second-order valence-corrected chi connectivity index (χ2v) is 19.5. The minimum atomic E-state index is -4.29. The van der Waals surface area contributed by atoms with Gasteiger partial charge in [-0.05, 0) is 89.9 Å². The molecule has 0 radical (unpaired) electrons. The Labute approximate surface area is 407 Å². The topological polar surface area (TPSA) is 117 Å². The molecule has 0 aromatic rings. The number of allylic oxidation sites excluding steroid dienone is 12. The van der Waals surface area contributed by atoms with E-state index in [9.17, 15) is 14.3 Å². The number of unbranched alkanes of at least 4 members (excludes halogenated alkanes) is 27. The first-order valence-corrected chi connectivity index (χ1v) is 28.9. The van der Waals surface area contributed by atoms with Crippen LogP contribution in [0.15, 0.2) is 72.9 Å². The first-order chi connectivity index (χ1) is 32.4. The molecular weight excluding hydrogens is 842 g/mol. The minimum Gasteiger partial charge on any atom is -0.457 e. The van der Waals surface area contributed by atoms with Crippen LogP contribution < -0.4 is 5.73 Å². The smallest absolute Gasteiger partial charge is 0.457 e. The Hall–Kier alpha value is -2.06. The van der Waals surface area contributed by atoms with Crippen molar-refractivity contribution in [2.75, 3.05) is 33.0 Å². The number of rotatable bonds is 52. The van der Waals surface area contributed by atoms with Gasteiger partial charge < -0.3 is 20.1 Å². The van der Waals surface area contributed by atoms with Crippen molar-refractivity contribution in [1.82, 2.24) is 0 Å². The zero-order valence-electron chi connectivity index (χ0n) is 42.9. The zero-order valence-corrected chi connectivity index (χ0v) is 43.8. The van der Waals surface area contributed by atoms with E-state index in [1.807, 2.05) is 0 Å². The van der Waals surface area contributed by atoms with Crippen LogP contribution in [-0.2, 0) is 27.9 Å². The molecular formula is C57H104NO7P. The van der Waals surface area contributed by atoms with E-state index in [4.69, 9.17) is 24.3 Å². The number of phosphoric ester groups is 1. The van der Waals surface area contributed by atoms with Gasteiger partial charge in [-0.25, -0.2) is 4.57 Å². The first-order valence-electron chi connectivity index (χ1n) is 27.4. The highest BCUT2D eigenvalue weighted by molar-refractivity contribution is 7.47. The molecule has 2 unspecified atom stereocenters. The van der Waals surface area contributed by atoms with Gasteiger partial charge in [0.1, 0.15) is 6.10 Å². The number of ether oxygens (including phenoxy) is 2. The lowest BCUT2D eigenvalue weighted by Gasteiger charge is -2.20. The summed E-state index contributed by atoms with van der Waals surface area (Å²) in [6, 6.07) is 0. The van der Waals surface area contributed by atoms with Crippen LogP contribution in [0.25, 0.3) is 0 Å². The SMILES string of the molecule is CCCCCCC/C=C\C/C=C\C/C=C\CCCCCCCCCCCCCOCC(COP(=O)(O)OCCN)OC(=O)CCCCCCCC/C=C\C/C=C\C/C=C\CCCCCCC. The van der Waals surface area contributed by atoms with Crippen LogP contribution in [0.1, 0.15) is 245 Å². The fourth-order valence-corrected chi connectivity index (χ4v) is 8.31. The van der Waals surface area contributed by atoms with Crippen molar-refractivity contribution in [3.8, 4) is 0 Å². The highest BCUT2D eigenvalue weighted by Gasteiger charge is 2.25. The summed E-state index contributed by atoms with van der Waals surface area (Å²) in [6.45, 7) is 4.89. The van der Waals surface area contributed by atoms with E-state index in [1.165, 1.54) is 154 Å². The standard InChI is InChI=1S/C57H104NO7P/c1-3-5-7-9-11-13-15-17-19-21-23-25-26-27-28-29-31-33-35-37-39-41-43-45-47-49-52-62-54-56(55-64-66(60,61)63-53-51-58)65-57(59)50-48-46-44-42-40-38-36-34-32-30-24-22-20-18-16-14-12-10-8-6-4-2/h15-18,21-24,26-27,32,34,56H,3-14,19-20,25,28-31,33,35-55,58H2,1-2H3,(H,60,61)/b17-15-,18-16-,23-21-,24-22-,27-26-,34-32-. The summed E-state index contributed by atoms with van der Waals surface area (Å²) >= 11 is 0.